The van der Waals surface area contributed by atoms with Crippen molar-refractivity contribution in [2.75, 3.05) is 17.5 Å². The van der Waals surface area contributed by atoms with Gasteiger partial charge in [0.05, 0.1) is 24.0 Å². The van der Waals surface area contributed by atoms with Crippen molar-refractivity contribution in [1.82, 2.24) is 5.32 Å². The number of hydrogen-bond acceptors (Lipinski definition) is 6. The minimum Gasteiger partial charge on any atom is -0.506 e. The van der Waals surface area contributed by atoms with Crippen molar-refractivity contribution in [3.63, 3.8) is 0 Å². The number of phenolic OH excluding ortho intramolecular Hbond substituents is 1. The summed E-state index contributed by atoms with van der Waals surface area (Å²) in [5.74, 6) is -1.55. The highest BCUT2D eigenvalue weighted by Crippen LogP contribution is 2.40. The highest BCUT2D eigenvalue weighted by Gasteiger charge is 2.39. The molecule has 0 aliphatic carbocycles. The average molecular weight is 551 g/mol. The normalized spacial score (nSPS) is 15.1. The Kier molecular flexibility index (Phi) is 9.98. The fourth-order valence-electron chi connectivity index (χ4n) is 3.61. The number of carboxylic acid groups (broad SMARTS) is 1. The number of carbonyl (C=O) groups is 1. The van der Waals surface area contributed by atoms with Gasteiger partial charge in [-0.05, 0) is 67.2 Å². The van der Waals surface area contributed by atoms with Crippen LogP contribution in [0.2, 0.25) is 18.1 Å². The van der Waals surface area contributed by atoms with Crippen molar-refractivity contribution < 1.29 is 27.9 Å². The number of rotatable bonds is 12. The first-order valence-electron chi connectivity index (χ1n) is 12.4. The first-order chi connectivity index (χ1) is 16.9. The average Bonchev–Trinajstić information content (AvgIpc) is 2.76. The Morgan fingerprint density at radius 3 is 2.14 bits per heavy atom. The van der Waals surface area contributed by atoms with Crippen LogP contribution < -0.4 is 10.0 Å². The molecule has 0 bridgehead atoms. The molecule has 2 rings (SSSR count). The van der Waals surface area contributed by atoms with Gasteiger partial charge in [0.1, 0.15) is 5.75 Å². The largest absolute Gasteiger partial charge is 0.506 e. The molecule has 0 heterocycles. The maximum absolute atomic E-state index is 11.8. The van der Waals surface area contributed by atoms with E-state index in [-0.39, 0.29) is 28.6 Å². The number of anilines is 1. The Morgan fingerprint density at radius 1 is 1.05 bits per heavy atom. The lowest BCUT2D eigenvalue weighted by Gasteiger charge is -2.40. The summed E-state index contributed by atoms with van der Waals surface area (Å²) in [5, 5.41) is 22.9. The molecule has 2 aromatic rings. The van der Waals surface area contributed by atoms with E-state index in [1.54, 1.807) is 19.1 Å². The SMILES string of the molecule is CC(C(=O)O)c1ccc(C[C@@H](C)NC[C@@H](O[Si](C)(C)C(C)(C)C)c2ccc(O)c(NS(C)(=O)=O)c2)cc1. The zero-order valence-electron chi connectivity index (χ0n) is 23.1. The minimum absolute atomic E-state index is 0.0313. The van der Waals surface area contributed by atoms with E-state index in [0.717, 1.165) is 29.4 Å². The molecular formula is C27H42N2O6SSi. The summed E-state index contributed by atoms with van der Waals surface area (Å²) in [4.78, 5) is 11.2. The third-order valence-electron chi connectivity index (χ3n) is 6.97. The van der Waals surface area contributed by atoms with Crippen LogP contribution in [0.4, 0.5) is 5.69 Å². The number of hydrogen-bond donors (Lipinski definition) is 4. The second-order valence-corrected chi connectivity index (χ2v) is 17.8. The van der Waals surface area contributed by atoms with Crippen molar-refractivity contribution in [2.24, 2.45) is 0 Å². The minimum atomic E-state index is -3.56. The molecule has 0 aliphatic heterocycles. The van der Waals surface area contributed by atoms with Gasteiger partial charge in [-0.1, -0.05) is 51.1 Å². The standard InChI is InChI=1S/C27H42N2O6SSi/c1-18(15-20-9-11-21(12-10-20)19(2)26(31)32)28-17-25(35-37(7,8)27(3,4)5)22-13-14-24(30)23(16-22)29-36(6,33)34/h9-14,16,18-19,25,28-30H,15,17H2,1-8H3,(H,31,32)/t18-,19?,25-/m1/s1. The topological polar surface area (TPSA) is 125 Å². The summed E-state index contributed by atoms with van der Waals surface area (Å²) in [6.45, 7) is 15.1. The molecule has 3 atom stereocenters. The van der Waals surface area contributed by atoms with Crippen LogP contribution in [0.25, 0.3) is 0 Å². The van der Waals surface area contributed by atoms with Gasteiger partial charge in [-0.2, -0.15) is 0 Å². The number of aromatic hydroxyl groups is 1. The van der Waals surface area contributed by atoms with E-state index in [1.165, 1.54) is 6.07 Å². The molecule has 206 valence electrons. The first-order valence-corrected chi connectivity index (χ1v) is 17.2. The molecule has 0 spiro atoms. The molecule has 0 aliphatic rings. The van der Waals surface area contributed by atoms with E-state index in [9.17, 15) is 23.4 Å². The van der Waals surface area contributed by atoms with Gasteiger partial charge < -0.3 is 20.0 Å². The van der Waals surface area contributed by atoms with Gasteiger partial charge in [0.15, 0.2) is 8.32 Å². The zero-order valence-corrected chi connectivity index (χ0v) is 24.9. The Morgan fingerprint density at radius 2 is 1.62 bits per heavy atom. The third-order valence-corrected chi connectivity index (χ3v) is 12.1. The van der Waals surface area contributed by atoms with E-state index >= 15 is 0 Å². The van der Waals surface area contributed by atoms with E-state index in [0.29, 0.717) is 6.54 Å². The predicted molar refractivity (Wildman–Crippen MR) is 151 cm³/mol. The van der Waals surface area contributed by atoms with Crippen LogP contribution in [-0.4, -0.2) is 51.8 Å². The Bertz CT molecular complexity index is 1180. The molecule has 0 fully saturated rings. The number of carboxylic acids is 1. The van der Waals surface area contributed by atoms with Gasteiger partial charge in [-0.3, -0.25) is 9.52 Å². The molecule has 0 aromatic heterocycles. The molecule has 0 radical (unpaired) electrons. The smallest absolute Gasteiger partial charge is 0.310 e. The molecule has 37 heavy (non-hydrogen) atoms. The number of nitrogens with one attached hydrogen (secondary N) is 2. The summed E-state index contributed by atoms with van der Waals surface area (Å²) in [6.07, 6.45) is 1.43. The molecule has 8 nitrogen and oxygen atoms in total. The van der Waals surface area contributed by atoms with E-state index in [4.69, 9.17) is 4.43 Å². The summed E-state index contributed by atoms with van der Waals surface area (Å²) in [7, 11) is -5.75. The van der Waals surface area contributed by atoms with Crippen LogP contribution in [0, 0.1) is 0 Å². The zero-order chi connectivity index (χ0) is 28.2. The second-order valence-electron chi connectivity index (χ2n) is 11.3. The lowest BCUT2D eigenvalue weighted by Crippen LogP contribution is -2.44. The van der Waals surface area contributed by atoms with Crippen LogP contribution in [0.3, 0.4) is 0 Å². The van der Waals surface area contributed by atoms with E-state index in [2.05, 4.69) is 50.8 Å². The Balaban J connectivity index is 2.23. The molecule has 1 unspecified atom stereocenters. The van der Waals surface area contributed by atoms with E-state index < -0.39 is 30.2 Å². The highest BCUT2D eigenvalue weighted by molar-refractivity contribution is 7.92. The van der Waals surface area contributed by atoms with Gasteiger partial charge in [-0.15, -0.1) is 0 Å². The molecule has 0 saturated heterocycles. The van der Waals surface area contributed by atoms with Gasteiger partial charge in [-0.25, -0.2) is 8.42 Å². The second kappa shape index (κ2) is 12.0. The third kappa shape index (κ3) is 9.13. The van der Waals surface area contributed by atoms with Crippen LogP contribution in [0.5, 0.6) is 5.75 Å². The molecule has 0 amide bonds. The maximum atomic E-state index is 11.8. The molecular weight excluding hydrogens is 508 g/mol. The summed E-state index contributed by atoms with van der Waals surface area (Å²) in [5.41, 5.74) is 2.74. The quantitative estimate of drug-likeness (QED) is 0.210. The van der Waals surface area contributed by atoms with Gasteiger partial charge >= 0.3 is 5.97 Å². The Hall–Kier alpha value is -2.40. The fourth-order valence-corrected chi connectivity index (χ4v) is 5.46. The number of aliphatic carboxylic acids is 1. The van der Waals surface area contributed by atoms with Crippen LogP contribution >= 0.6 is 0 Å². The summed E-state index contributed by atoms with van der Waals surface area (Å²) >= 11 is 0. The van der Waals surface area contributed by atoms with Gasteiger partial charge in [0.25, 0.3) is 0 Å². The lowest BCUT2D eigenvalue weighted by atomic mass is 9.98. The van der Waals surface area contributed by atoms with Crippen molar-refractivity contribution >= 4 is 30.0 Å². The maximum Gasteiger partial charge on any atom is 0.310 e. The first kappa shape index (κ1) is 30.8. The molecule has 4 N–H and O–H groups in total. The number of phenols is 1. The van der Waals surface area contributed by atoms with Crippen molar-refractivity contribution in [2.45, 2.75) is 77.2 Å². The fraction of sp³-hybridized carbons (Fsp3) is 0.519. The monoisotopic (exact) mass is 550 g/mol. The number of sulfonamides is 1. The van der Waals surface area contributed by atoms with Crippen LogP contribution in [0.15, 0.2) is 42.5 Å². The molecule has 2 aromatic carbocycles. The predicted octanol–water partition coefficient (Wildman–Crippen LogP) is 5.24. The summed E-state index contributed by atoms with van der Waals surface area (Å²) in [6, 6.07) is 12.6. The van der Waals surface area contributed by atoms with Crippen molar-refractivity contribution in [1.29, 1.82) is 0 Å². The van der Waals surface area contributed by atoms with Crippen molar-refractivity contribution in [3.8, 4) is 5.75 Å². The molecule has 0 saturated carbocycles. The van der Waals surface area contributed by atoms with E-state index in [1.807, 2.05) is 24.3 Å². The van der Waals surface area contributed by atoms with Crippen LogP contribution in [0.1, 0.15) is 63.3 Å². The number of benzene rings is 2. The van der Waals surface area contributed by atoms with Gasteiger partial charge in [0, 0.05) is 12.6 Å². The van der Waals surface area contributed by atoms with Crippen molar-refractivity contribution in [3.05, 3.63) is 59.2 Å². The van der Waals surface area contributed by atoms with Crippen LogP contribution in [-0.2, 0) is 25.7 Å². The highest BCUT2D eigenvalue weighted by atomic mass is 32.2. The lowest BCUT2D eigenvalue weighted by molar-refractivity contribution is -0.138. The summed E-state index contributed by atoms with van der Waals surface area (Å²) < 4.78 is 32.7. The Labute approximate surface area is 222 Å². The van der Waals surface area contributed by atoms with Gasteiger partial charge in [0.2, 0.25) is 10.0 Å². The molecule has 10 heteroatoms.